The molecule has 1 aromatic rings. The van der Waals surface area contributed by atoms with Gasteiger partial charge in [-0.15, -0.1) is 0 Å². The van der Waals surface area contributed by atoms with Crippen molar-refractivity contribution in [1.29, 1.82) is 0 Å². The molecule has 1 aliphatic heterocycles. The Morgan fingerprint density at radius 3 is 2.45 bits per heavy atom. The summed E-state index contributed by atoms with van der Waals surface area (Å²) in [5.41, 5.74) is 0.737. The molecule has 1 saturated heterocycles. The van der Waals surface area contributed by atoms with E-state index in [0.29, 0.717) is 12.5 Å². The van der Waals surface area contributed by atoms with Crippen LogP contribution in [0.4, 0.5) is 4.39 Å². The number of rotatable bonds is 7. The Balaban J connectivity index is 1.64. The van der Waals surface area contributed by atoms with E-state index in [4.69, 9.17) is 0 Å². The summed E-state index contributed by atoms with van der Waals surface area (Å²) < 4.78 is 12.8. The van der Waals surface area contributed by atoms with Gasteiger partial charge in [-0.05, 0) is 63.0 Å². The van der Waals surface area contributed by atoms with E-state index in [1.165, 1.54) is 12.1 Å². The lowest BCUT2D eigenvalue weighted by Gasteiger charge is -2.32. The van der Waals surface area contributed by atoms with Crippen molar-refractivity contribution in [2.24, 2.45) is 5.92 Å². The van der Waals surface area contributed by atoms with Crippen LogP contribution in [0.2, 0.25) is 0 Å². The molecule has 2 rings (SSSR count). The van der Waals surface area contributed by atoms with Gasteiger partial charge in [-0.25, -0.2) is 4.39 Å². The number of aliphatic hydroxyl groups excluding tert-OH is 2. The molecule has 0 saturated carbocycles. The molecule has 3 N–H and O–H groups in total. The summed E-state index contributed by atoms with van der Waals surface area (Å²) in [6.07, 6.45) is 1.37. The molecule has 0 amide bonds. The summed E-state index contributed by atoms with van der Waals surface area (Å²) >= 11 is 0. The van der Waals surface area contributed by atoms with E-state index < -0.39 is 6.10 Å². The molecule has 0 spiro atoms. The van der Waals surface area contributed by atoms with Gasteiger partial charge >= 0.3 is 0 Å². The van der Waals surface area contributed by atoms with E-state index in [2.05, 4.69) is 10.2 Å². The minimum atomic E-state index is -0.601. The van der Waals surface area contributed by atoms with E-state index in [-0.39, 0.29) is 11.9 Å². The molecule has 1 heterocycles. The average molecular weight is 310 g/mol. The lowest BCUT2D eigenvalue weighted by molar-refractivity contribution is 0.0984. The smallest absolute Gasteiger partial charge is 0.123 e. The zero-order valence-corrected chi connectivity index (χ0v) is 13.2. The third-order valence-electron chi connectivity index (χ3n) is 4.26. The Kier molecular flexibility index (Phi) is 6.76. The van der Waals surface area contributed by atoms with Crippen LogP contribution in [0.1, 0.15) is 31.4 Å². The molecule has 1 aliphatic rings. The maximum absolute atomic E-state index is 12.8. The molecule has 2 atom stereocenters. The number of piperidine rings is 1. The van der Waals surface area contributed by atoms with E-state index >= 15 is 0 Å². The fourth-order valence-corrected chi connectivity index (χ4v) is 2.97. The Morgan fingerprint density at radius 1 is 1.23 bits per heavy atom. The predicted octanol–water partition coefficient (Wildman–Crippen LogP) is 1.54. The first-order valence-corrected chi connectivity index (χ1v) is 8.09. The van der Waals surface area contributed by atoms with Crippen LogP contribution in [0, 0.1) is 11.7 Å². The minimum Gasteiger partial charge on any atom is -0.392 e. The van der Waals surface area contributed by atoms with Crippen molar-refractivity contribution in [2.45, 2.75) is 32.0 Å². The van der Waals surface area contributed by atoms with Crippen molar-refractivity contribution >= 4 is 0 Å². The maximum atomic E-state index is 12.8. The first-order valence-electron chi connectivity index (χ1n) is 8.09. The van der Waals surface area contributed by atoms with Crippen LogP contribution < -0.4 is 5.32 Å². The maximum Gasteiger partial charge on any atom is 0.123 e. The third-order valence-corrected chi connectivity index (χ3v) is 4.26. The summed E-state index contributed by atoms with van der Waals surface area (Å²) in [6.45, 7) is 6.00. The van der Waals surface area contributed by atoms with Gasteiger partial charge in [0.05, 0.1) is 12.2 Å². The highest BCUT2D eigenvalue weighted by molar-refractivity contribution is 5.18. The standard InChI is InChI=1S/C17H27FN2O2/c1-13(21)12-20-8-6-14(7-9-20)10-19-11-17(22)15-2-4-16(18)5-3-15/h2-5,13-14,17,19,21-22H,6-12H2,1H3/t13-,17-/m0/s1. The molecule has 0 unspecified atom stereocenters. The number of benzene rings is 1. The molecule has 0 radical (unpaired) electrons. The van der Waals surface area contributed by atoms with Crippen LogP contribution in [0.3, 0.4) is 0 Å². The topological polar surface area (TPSA) is 55.7 Å². The molecule has 124 valence electrons. The van der Waals surface area contributed by atoms with Gasteiger partial charge in [-0.2, -0.15) is 0 Å². The van der Waals surface area contributed by atoms with Crippen LogP contribution in [0.15, 0.2) is 24.3 Å². The van der Waals surface area contributed by atoms with Crippen molar-refractivity contribution in [2.75, 3.05) is 32.7 Å². The zero-order valence-electron chi connectivity index (χ0n) is 13.2. The van der Waals surface area contributed by atoms with Gasteiger partial charge in [0.1, 0.15) is 5.82 Å². The Hall–Kier alpha value is -1.01. The van der Waals surface area contributed by atoms with Gasteiger partial charge in [0.15, 0.2) is 0 Å². The number of halogens is 1. The second-order valence-corrected chi connectivity index (χ2v) is 6.32. The second kappa shape index (κ2) is 8.58. The number of hydrogen-bond donors (Lipinski definition) is 3. The normalized spacial score (nSPS) is 20.0. The summed E-state index contributed by atoms with van der Waals surface area (Å²) in [6, 6.07) is 5.99. The van der Waals surface area contributed by atoms with Gasteiger partial charge in [0, 0.05) is 13.1 Å². The quantitative estimate of drug-likeness (QED) is 0.715. The van der Waals surface area contributed by atoms with Gasteiger partial charge < -0.3 is 20.4 Å². The number of hydrogen-bond acceptors (Lipinski definition) is 4. The molecule has 4 nitrogen and oxygen atoms in total. The summed E-state index contributed by atoms with van der Waals surface area (Å²) in [4.78, 5) is 2.30. The summed E-state index contributed by atoms with van der Waals surface area (Å²) in [7, 11) is 0. The average Bonchev–Trinajstić information content (AvgIpc) is 2.49. The van der Waals surface area contributed by atoms with Crippen molar-refractivity contribution in [3.05, 3.63) is 35.6 Å². The lowest BCUT2D eigenvalue weighted by Crippen LogP contribution is -2.40. The van der Waals surface area contributed by atoms with Crippen molar-refractivity contribution < 1.29 is 14.6 Å². The molecular formula is C17H27FN2O2. The van der Waals surface area contributed by atoms with Crippen LogP contribution in [0.25, 0.3) is 0 Å². The van der Waals surface area contributed by atoms with Gasteiger partial charge in [0.2, 0.25) is 0 Å². The van der Waals surface area contributed by atoms with Gasteiger partial charge in [-0.3, -0.25) is 0 Å². The molecule has 1 fully saturated rings. The van der Waals surface area contributed by atoms with E-state index in [1.54, 1.807) is 12.1 Å². The Morgan fingerprint density at radius 2 is 1.86 bits per heavy atom. The minimum absolute atomic E-state index is 0.263. The molecule has 0 aromatic heterocycles. The monoisotopic (exact) mass is 310 g/mol. The predicted molar refractivity (Wildman–Crippen MR) is 85.1 cm³/mol. The number of nitrogens with zero attached hydrogens (tertiary/aromatic N) is 1. The second-order valence-electron chi connectivity index (χ2n) is 6.32. The number of nitrogens with one attached hydrogen (secondary N) is 1. The first kappa shape index (κ1) is 17.3. The van der Waals surface area contributed by atoms with Gasteiger partial charge in [-0.1, -0.05) is 12.1 Å². The Bertz CT molecular complexity index is 431. The van der Waals surface area contributed by atoms with Crippen molar-refractivity contribution in [3.8, 4) is 0 Å². The highest BCUT2D eigenvalue weighted by Gasteiger charge is 2.20. The van der Waals surface area contributed by atoms with Crippen LogP contribution in [-0.2, 0) is 0 Å². The number of likely N-dealkylation sites (tertiary alicyclic amines) is 1. The number of aliphatic hydroxyl groups is 2. The van der Waals surface area contributed by atoms with E-state index in [0.717, 1.165) is 44.6 Å². The Labute approximate surface area is 132 Å². The van der Waals surface area contributed by atoms with Crippen LogP contribution >= 0.6 is 0 Å². The number of β-amino-alcohol motifs (C(OH)–C–C–N with tert-alkyl or cyclic N) is 1. The fraction of sp³-hybridized carbons (Fsp3) is 0.647. The lowest BCUT2D eigenvalue weighted by atomic mass is 9.96. The van der Waals surface area contributed by atoms with Crippen LogP contribution in [-0.4, -0.2) is 53.9 Å². The SMILES string of the molecule is C[C@H](O)CN1CCC(CNC[C@H](O)c2ccc(F)cc2)CC1. The fourth-order valence-electron chi connectivity index (χ4n) is 2.97. The third kappa shape index (κ3) is 5.65. The van der Waals surface area contributed by atoms with Crippen molar-refractivity contribution in [1.82, 2.24) is 10.2 Å². The molecule has 5 heteroatoms. The van der Waals surface area contributed by atoms with Crippen molar-refractivity contribution in [3.63, 3.8) is 0 Å². The molecule has 0 aliphatic carbocycles. The largest absolute Gasteiger partial charge is 0.392 e. The first-order chi connectivity index (χ1) is 10.5. The molecule has 0 bridgehead atoms. The molecule has 22 heavy (non-hydrogen) atoms. The molecular weight excluding hydrogens is 283 g/mol. The summed E-state index contributed by atoms with van der Waals surface area (Å²) in [5.74, 6) is 0.332. The van der Waals surface area contributed by atoms with E-state index in [9.17, 15) is 14.6 Å². The van der Waals surface area contributed by atoms with Crippen LogP contribution in [0.5, 0.6) is 0 Å². The molecule has 1 aromatic carbocycles. The van der Waals surface area contributed by atoms with Gasteiger partial charge in [0.25, 0.3) is 0 Å². The highest BCUT2D eigenvalue weighted by Crippen LogP contribution is 2.17. The zero-order chi connectivity index (χ0) is 15.9. The van der Waals surface area contributed by atoms with E-state index in [1.807, 2.05) is 6.92 Å². The highest BCUT2D eigenvalue weighted by atomic mass is 19.1. The summed E-state index contributed by atoms with van der Waals surface area (Å²) in [5, 5.41) is 22.8.